The van der Waals surface area contributed by atoms with Gasteiger partial charge >= 0.3 is 5.97 Å². The Morgan fingerprint density at radius 3 is 2.68 bits per heavy atom. The number of carboxylic acids is 1. The highest BCUT2D eigenvalue weighted by Crippen LogP contribution is 2.58. The molecule has 104 valence electrons. The number of carbonyl (C=O) groups is 2. The lowest BCUT2D eigenvalue weighted by atomic mass is 10.1. The number of aryl methyl sites for hydroxylation is 1. The highest BCUT2D eigenvalue weighted by molar-refractivity contribution is 5.99. The van der Waals surface area contributed by atoms with Gasteiger partial charge < -0.3 is 10.4 Å². The summed E-state index contributed by atoms with van der Waals surface area (Å²) in [5.41, 5.74) is -0.484. The van der Waals surface area contributed by atoms with Crippen LogP contribution in [-0.2, 0) is 16.1 Å². The van der Waals surface area contributed by atoms with E-state index in [0.29, 0.717) is 5.82 Å². The molecule has 6 nitrogen and oxygen atoms in total. The molecule has 2 rings (SSSR count). The molecule has 0 aromatic carbocycles. The lowest BCUT2D eigenvalue weighted by molar-refractivity contribution is -0.140. The third-order valence-electron chi connectivity index (χ3n) is 3.72. The lowest BCUT2D eigenvalue weighted by Gasteiger charge is -2.03. The number of anilines is 1. The lowest BCUT2D eigenvalue weighted by Crippen LogP contribution is -2.18. The highest BCUT2D eigenvalue weighted by atomic mass is 16.4. The first kappa shape index (κ1) is 13.6. The van der Waals surface area contributed by atoms with Gasteiger partial charge in [0.25, 0.3) is 0 Å². The fourth-order valence-electron chi connectivity index (χ4n) is 2.57. The van der Waals surface area contributed by atoms with E-state index in [1.54, 1.807) is 30.8 Å². The summed E-state index contributed by atoms with van der Waals surface area (Å²) in [4.78, 5) is 23.1. The number of nitrogens with zero attached hydrogens (tertiary/aromatic N) is 2. The zero-order chi connectivity index (χ0) is 14.2. The fraction of sp³-hybridized carbons (Fsp3) is 0.615. The number of nitrogens with one attached hydrogen (secondary N) is 1. The molecule has 1 aliphatic carbocycles. The van der Waals surface area contributed by atoms with Crippen LogP contribution >= 0.6 is 0 Å². The summed E-state index contributed by atoms with van der Waals surface area (Å²) in [5.74, 6) is -1.79. The molecule has 0 unspecified atom stereocenters. The van der Waals surface area contributed by atoms with Crippen LogP contribution in [0.3, 0.4) is 0 Å². The maximum Gasteiger partial charge on any atom is 0.307 e. The molecule has 1 saturated carbocycles. The van der Waals surface area contributed by atoms with Crippen LogP contribution in [0.25, 0.3) is 0 Å². The van der Waals surface area contributed by atoms with Gasteiger partial charge in [-0.15, -0.1) is 0 Å². The van der Waals surface area contributed by atoms with Crippen molar-refractivity contribution in [3.05, 3.63) is 12.3 Å². The zero-order valence-corrected chi connectivity index (χ0v) is 11.4. The monoisotopic (exact) mass is 265 g/mol. The first-order valence-electron chi connectivity index (χ1n) is 6.45. The number of hydrogen-bond acceptors (Lipinski definition) is 3. The van der Waals surface area contributed by atoms with Crippen LogP contribution in [0.5, 0.6) is 0 Å². The van der Waals surface area contributed by atoms with E-state index < -0.39 is 23.2 Å². The standard InChI is InChI=1S/C13H19N3O3/c1-4-6-16-7-5-8(15-16)14-11(17)9-10(12(18)19)13(9,2)3/h5,7,9-10H,4,6H2,1-3H3,(H,18,19)(H,14,15,17)/t9-,10+/m0/s1. The molecular weight excluding hydrogens is 246 g/mol. The molecule has 1 aromatic heterocycles. The number of carbonyl (C=O) groups excluding carboxylic acids is 1. The second kappa shape index (κ2) is 4.68. The number of aromatic nitrogens is 2. The van der Waals surface area contributed by atoms with Crippen LogP contribution in [0.2, 0.25) is 0 Å². The Kier molecular flexibility index (Phi) is 3.34. The van der Waals surface area contributed by atoms with Gasteiger partial charge in [0.2, 0.25) is 5.91 Å². The summed E-state index contributed by atoms with van der Waals surface area (Å²) in [6.45, 7) is 6.43. The maximum atomic E-state index is 12.0. The normalized spacial score (nSPS) is 23.9. The molecule has 2 atom stereocenters. The second-order valence-corrected chi connectivity index (χ2v) is 5.57. The fourth-order valence-corrected chi connectivity index (χ4v) is 2.57. The van der Waals surface area contributed by atoms with Crippen molar-refractivity contribution >= 4 is 17.7 Å². The van der Waals surface area contributed by atoms with Gasteiger partial charge in [0, 0.05) is 18.8 Å². The van der Waals surface area contributed by atoms with Crippen molar-refractivity contribution in [1.82, 2.24) is 9.78 Å². The summed E-state index contributed by atoms with van der Waals surface area (Å²) < 4.78 is 1.75. The summed E-state index contributed by atoms with van der Waals surface area (Å²) in [7, 11) is 0. The van der Waals surface area contributed by atoms with E-state index in [1.165, 1.54) is 0 Å². The summed E-state index contributed by atoms with van der Waals surface area (Å²) in [6, 6.07) is 1.72. The van der Waals surface area contributed by atoms with Crippen LogP contribution in [0, 0.1) is 17.3 Å². The molecule has 0 bridgehead atoms. The Labute approximate surface area is 111 Å². The Morgan fingerprint density at radius 2 is 2.16 bits per heavy atom. The third kappa shape index (κ3) is 2.47. The first-order valence-corrected chi connectivity index (χ1v) is 6.45. The second-order valence-electron chi connectivity index (χ2n) is 5.57. The smallest absolute Gasteiger partial charge is 0.307 e. The van der Waals surface area contributed by atoms with Crippen LogP contribution in [-0.4, -0.2) is 26.8 Å². The van der Waals surface area contributed by atoms with Crippen molar-refractivity contribution in [3.8, 4) is 0 Å². The van der Waals surface area contributed by atoms with Crippen LogP contribution in [0.15, 0.2) is 12.3 Å². The van der Waals surface area contributed by atoms with E-state index >= 15 is 0 Å². The average Bonchev–Trinajstić information content (AvgIpc) is 2.65. The van der Waals surface area contributed by atoms with Crippen molar-refractivity contribution in [1.29, 1.82) is 0 Å². The largest absolute Gasteiger partial charge is 0.481 e. The van der Waals surface area contributed by atoms with Crippen LogP contribution < -0.4 is 5.32 Å². The van der Waals surface area contributed by atoms with Crippen LogP contribution in [0.1, 0.15) is 27.2 Å². The molecule has 0 saturated heterocycles. The van der Waals surface area contributed by atoms with Gasteiger partial charge in [-0.1, -0.05) is 20.8 Å². The minimum atomic E-state index is -0.915. The number of amides is 1. The molecule has 19 heavy (non-hydrogen) atoms. The summed E-state index contributed by atoms with van der Waals surface area (Å²) >= 11 is 0. The SMILES string of the molecule is CCCn1ccc(NC(=O)[C@@H]2[C@H](C(=O)O)C2(C)C)n1. The third-order valence-corrected chi connectivity index (χ3v) is 3.72. The van der Waals surface area contributed by atoms with E-state index in [1.807, 2.05) is 6.92 Å². The van der Waals surface area contributed by atoms with Gasteiger partial charge in [-0.2, -0.15) is 5.10 Å². The van der Waals surface area contributed by atoms with Gasteiger partial charge in [-0.05, 0) is 11.8 Å². The van der Waals surface area contributed by atoms with Gasteiger partial charge in [0.1, 0.15) is 0 Å². The van der Waals surface area contributed by atoms with E-state index in [-0.39, 0.29) is 5.91 Å². The predicted octanol–water partition coefficient (Wildman–Crippen LogP) is 1.59. The van der Waals surface area contributed by atoms with E-state index in [4.69, 9.17) is 5.11 Å². The van der Waals surface area contributed by atoms with Crippen molar-refractivity contribution in [3.63, 3.8) is 0 Å². The van der Waals surface area contributed by atoms with Crippen LogP contribution in [0.4, 0.5) is 5.82 Å². The zero-order valence-electron chi connectivity index (χ0n) is 11.4. The molecular formula is C13H19N3O3. The first-order chi connectivity index (χ1) is 8.87. The average molecular weight is 265 g/mol. The molecule has 6 heteroatoms. The van der Waals surface area contributed by atoms with Crippen molar-refractivity contribution < 1.29 is 14.7 Å². The Hall–Kier alpha value is -1.85. The van der Waals surface area contributed by atoms with E-state index in [9.17, 15) is 9.59 Å². The number of aliphatic carboxylic acids is 1. The molecule has 1 amide bonds. The van der Waals surface area contributed by atoms with Crippen molar-refractivity contribution in [2.45, 2.75) is 33.7 Å². The molecule has 2 N–H and O–H groups in total. The van der Waals surface area contributed by atoms with Crippen molar-refractivity contribution in [2.24, 2.45) is 17.3 Å². The minimum Gasteiger partial charge on any atom is -0.481 e. The molecule has 0 aliphatic heterocycles. The summed E-state index contributed by atoms with van der Waals surface area (Å²) in [5, 5.41) is 15.9. The Balaban J connectivity index is 2.00. The molecule has 0 radical (unpaired) electrons. The van der Waals surface area contributed by atoms with Crippen molar-refractivity contribution in [2.75, 3.05) is 5.32 Å². The van der Waals surface area contributed by atoms with Gasteiger partial charge in [-0.25, -0.2) is 0 Å². The quantitative estimate of drug-likeness (QED) is 0.846. The predicted molar refractivity (Wildman–Crippen MR) is 69.5 cm³/mol. The minimum absolute atomic E-state index is 0.265. The van der Waals surface area contributed by atoms with E-state index in [0.717, 1.165) is 13.0 Å². The van der Waals surface area contributed by atoms with E-state index in [2.05, 4.69) is 10.4 Å². The van der Waals surface area contributed by atoms with Gasteiger partial charge in [0.15, 0.2) is 5.82 Å². The number of hydrogen-bond donors (Lipinski definition) is 2. The molecule has 1 heterocycles. The highest BCUT2D eigenvalue weighted by Gasteiger charge is 2.65. The topological polar surface area (TPSA) is 84.2 Å². The molecule has 1 aliphatic rings. The Morgan fingerprint density at radius 1 is 1.47 bits per heavy atom. The van der Waals surface area contributed by atoms with Gasteiger partial charge in [-0.3, -0.25) is 14.3 Å². The Bertz CT molecular complexity index is 507. The maximum absolute atomic E-state index is 12.0. The molecule has 1 aromatic rings. The number of rotatable bonds is 5. The molecule has 0 spiro atoms. The summed E-state index contributed by atoms with van der Waals surface area (Å²) in [6.07, 6.45) is 2.76. The molecule has 1 fully saturated rings. The number of carboxylic acid groups (broad SMARTS) is 1. The van der Waals surface area contributed by atoms with Gasteiger partial charge in [0.05, 0.1) is 11.8 Å².